The molecule has 0 unspecified atom stereocenters. The van der Waals surface area contributed by atoms with Gasteiger partial charge in [-0.3, -0.25) is 0 Å². The fourth-order valence-corrected chi connectivity index (χ4v) is 1.36. The van der Waals surface area contributed by atoms with E-state index in [1.165, 1.54) is 0 Å². The van der Waals surface area contributed by atoms with Crippen LogP contribution in [0.5, 0.6) is 5.75 Å². The first kappa shape index (κ1) is 11.9. The number of nitrogen functional groups attached to an aromatic ring is 1. The molecule has 0 amide bonds. The second kappa shape index (κ2) is 7.12. The van der Waals surface area contributed by atoms with Crippen molar-refractivity contribution in [3.8, 4) is 5.75 Å². The molecule has 84 valence electrons. The minimum absolute atomic E-state index is 0.284. The number of anilines is 1. The average Bonchev–Trinajstić information content (AvgIpc) is 2.25. The van der Waals surface area contributed by atoms with Crippen LogP contribution < -0.4 is 10.5 Å². The number of para-hydroxylation sites is 2. The van der Waals surface area contributed by atoms with Crippen molar-refractivity contribution in [2.24, 2.45) is 0 Å². The second-order valence-corrected chi connectivity index (χ2v) is 3.52. The van der Waals surface area contributed by atoms with Crippen molar-refractivity contribution in [2.75, 3.05) is 18.9 Å². The predicted octanol–water partition coefficient (Wildman–Crippen LogP) is 2.20. The number of benzene rings is 1. The molecular formula is C12H19NO2. The van der Waals surface area contributed by atoms with E-state index in [0.29, 0.717) is 12.3 Å². The largest absolute Gasteiger partial charge is 0.491 e. The van der Waals surface area contributed by atoms with Crippen LogP contribution in [0, 0.1) is 0 Å². The molecule has 0 saturated carbocycles. The Morgan fingerprint density at radius 1 is 1.07 bits per heavy atom. The van der Waals surface area contributed by atoms with Gasteiger partial charge in [0.05, 0.1) is 12.3 Å². The maximum atomic E-state index is 8.59. The smallest absolute Gasteiger partial charge is 0.142 e. The fourth-order valence-electron chi connectivity index (χ4n) is 1.36. The molecule has 0 saturated heterocycles. The molecule has 15 heavy (non-hydrogen) atoms. The zero-order chi connectivity index (χ0) is 10.9. The lowest BCUT2D eigenvalue weighted by molar-refractivity contribution is 0.274. The maximum absolute atomic E-state index is 8.59. The van der Waals surface area contributed by atoms with Crippen molar-refractivity contribution < 1.29 is 9.84 Å². The van der Waals surface area contributed by atoms with Crippen LogP contribution in [0.1, 0.15) is 25.7 Å². The lowest BCUT2D eigenvalue weighted by Gasteiger charge is -2.07. The number of nitrogens with two attached hydrogens (primary N) is 1. The number of aliphatic hydroxyl groups is 1. The molecule has 1 rings (SSSR count). The molecule has 0 fully saturated rings. The van der Waals surface area contributed by atoms with Crippen LogP contribution in [0.2, 0.25) is 0 Å². The lowest BCUT2D eigenvalue weighted by atomic mass is 10.2. The van der Waals surface area contributed by atoms with E-state index < -0.39 is 0 Å². The van der Waals surface area contributed by atoms with Gasteiger partial charge in [-0.05, 0) is 31.4 Å². The molecule has 1 aromatic rings. The number of hydrogen-bond acceptors (Lipinski definition) is 3. The van der Waals surface area contributed by atoms with E-state index >= 15 is 0 Å². The quantitative estimate of drug-likeness (QED) is 0.534. The molecule has 0 bridgehead atoms. The van der Waals surface area contributed by atoms with Gasteiger partial charge in [0.15, 0.2) is 0 Å². The highest BCUT2D eigenvalue weighted by Crippen LogP contribution is 2.19. The van der Waals surface area contributed by atoms with Crippen LogP contribution in [-0.4, -0.2) is 18.3 Å². The first-order valence-corrected chi connectivity index (χ1v) is 5.43. The highest BCUT2D eigenvalue weighted by Gasteiger charge is 1.97. The number of ether oxygens (including phenoxy) is 1. The SMILES string of the molecule is Nc1ccccc1OCCCCCCO. The van der Waals surface area contributed by atoms with E-state index in [1.807, 2.05) is 24.3 Å². The highest BCUT2D eigenvalue weighted by molar-refractivity contribution is 5.51. The van der Waals surface area contributed by atoms with Gasteiger partial charge in [0, 0.05) is 6.61 Å². The van der Waals surface area contributed by atoms with Gasteiger partial charge in [-0.2, -0.15) is 0 Å². The Hall–Kier alpha value is -1.22. The first-order chi connectivity index (χ1) is 7.34. The Bertz CT molecular complexity index is 276. The van der Waals surface area contributed by atoms with Crippen LogP contribution in [0.4, 0.5) is 5.69 Å². The molecule has 0 heterocycles. The summed E-state index contributed by atoms with van der Waals surface area (Å²) in [4.78, 5) is 0. The number of rotatable bonds is 7. The van der Waals surface area contributed by atoms with Crippen LogP contribution in [0.3, 0.4) is 0 Å². The summed E-state index contributed by atoms with van der Waals surface area (Å²) in [6.45, 7) is 0.978. The Labute approximate surface area is 90.9 Å². The first-order valence-electron chi connectivity index (χ1n) is 5.43. The van der Waals surface area contributed by atoms with Gasteiger partial charge in [-0.1, -0.05) is 18.6 Å². The molecule has 0 aliphatic heterocycles. The molecule has 3 heteroatoms. The molecule has 0 spiro atoms. The van der Waals surface area contributed by atoms with Crippen LogP contribution >= 0.6 is 0 Å². The summed E-state index contributed by atoms with van der Waals surface area (Å²) in [6, 6.07) is 7.52. The molecular weight excluding hydrogens is 190 g/mol. The molecule has 3 N–H and O–H groups in total. The van der Waals surface area contributed by atoms with Crippen LogP contribution in [0.25, 0.3) is 0 Å². The number of aliphatic hydroxyl groups excluding tert-OH is 1. The molecule has 0 aliphatic rings. The lowest BCUT2D eigenvalue weighted by Crippen LogP contribution is -2.00. The molecule has 1 aromatic carbocycles. The summed E-state index contributed by atoms with van der Waals surface area (Å²) in [5.41, 5.74) is 6.41. The van der Waals surface area contributed by atoms with E-state index in [1.54, 1.807) is 0 Å². The molecule has 3 nitrogen and oxygen atoms in total. The number of hydrogen-bond donors (Lipinski definition) is 2. The molecule has 0 aliphatic carbocycles. The third-order valence-electron chi connectivity index (χ3n) is 2.23. The Morgan fingerprint density at radius 3 is 2.53 bits per heavy atom. The van der Waals surface area contributed by atoms with Gasteiger partial charge in [-0.15, -0.1) is 0 Å². The van der Waals surface area contributed by atoms with Crippen molar-refractivity contribution in [1.82, 2.24) is 0 Å². The predicted molar refractivity (Wildman–Crippen MR) is 61.9 cm³/mol. The average molecular weight is 209 g/mol. The number of unbranched alkanes of at least 4 members (excludes halogenated alkanes) is 3. The fraction of sp³-hybridized carbons (Fsp3) is 0.500. The zero-order valence-electron chi connectivity index (χ0n) is 8.98. The van der Waals surface area contributed by atoms with E-state index in [-0.39, 0.29) is 6.61 Å². The maximum Gasteiger partial charge on any atom is 0.142 e. The Morgan fingerprint density at radius 2 is 1.80 bits per heavy atom. The summed E-state index contributed by atoms with van der Waals surface area (Å²) in [6.07, 6.45) is 4.04. The van der Waals surface area contributed by atoms with E-state index in [0.717, 1.165) is 31.4 Å². The second-order valence-electron chi connectivity index (χ2n) is 3.52. The Balaban J connectivity index is 2.12. The van der Waals surface area contributed by atoms with Crippen LogP contribution in [-0.2, 0) is 0 Å². The molecule has 0 atom stereocenters. The van der Waals surface area contributed by atoms with E-state index in [9.17, 15) is 0 Å². The Kier molecular flexibility index (Phi) is 5.63. The summed E-state index contributed by atoms with van der Waals surface area (Å²) < 4.78 is 5.53. The standard InChI is InChI=1S/C12H19NO2/c13-11-7-3-4-8-12(11)15-10-6-2-1-5-9-14/h3-4,7-8,14H,1-2,5-6,9-10,13H2. The summed E-state index contributed by atoms with van der Waals surface area (Å²) in [5, 5.41) is 8.59. The third-order valence-corrected chi connectivity index (χ3v) is 2.23. The van der Waals surface area contributed by atoms with Crippen molar-refractivity contribution in [2.45, 2.75) is 25.7 Å². The van der Waals surface area contributed by atoms with Gasteiger partial charge < -0.3 is 15.6 Å². The summed E-state index contributed by atoms with van der Waals surface area (Å²) in [7, 11) is 0. The van der Waals surface area contributed by atoms with Crippen molar-refractivity contribution in [3.05, 3.63) is 24.3 Å². The van der Waals surface area contributed by atoms with Gasteiger partial charge in [0.25, 0.3) is 0 Å². The van der Waals surface area contributed by atoms with E-state index in [4.69, 9.17) is 15.6 Å². The normalized spacial score (nSPS) is 10.2. The van der Waals surface area contributed by atoms with Gasteiger partial charge in [-0.25, -0.2) is 0 Å². The monoisotopic (exact) mass is 209 g/mol. The zero-order valence-corrected chi connectivity index (χ0v) is 8.98. The summed E-state index contributed by atoms with van der Waals surface area (Å²) in [5.74, 6) is 0.764. The van der Waals surface area contributed by atoms with Crippen molar-refractivity contribution in [1.29, 1.82) is 0 Å². The molecule has 0 aromatic heterocycles. The molecule has 0 radical (unpaired) electrons. The van der Waals surface area contributed by atoms with E-state index in [2.05, 4.69) is 0 Å². The van der Waals surface area contributed by atoms with Gasteiger partial charge in [0.1, 0.15) is 5.75 Å². The van der Waals surface area contributed by atoms with Crippen molar-refractivity contribution >= 4 is 5.69 Å². The highest BCUT2D eigenvalue weighted by atomic mass is 16.5. The van der Waals surface area contributed by atoms with Gasteiger partial charge in [0.2, 0.25) is 0 Å². The topological polar surface area (TPSA) is 55.5 Å². The summed E-state index contributed by atoms with van der Waals surface area (Å²) >= 11 is 0. The van der Waals surface area contributed by atoms with Crippen LogP contribution in [0.15, 0.2) is 24.3 Å². The van der Waals surface area contributed by atoms with Gasteiger partial charge >= 0.3 is 0 Å². The third kappa shape index (κ3) is 4.70. The minimum atomic E-state index is 0.284. The van der Waals surface area contributed by atoms with Crippen molar-refractivity contribution in [3.63, 3.8) is 0 Å². The minimum Gasteiger partial charge on any atom is -0.491 e.